The summed E-state index contributed by atoms with van der Waals surface area (Å²) in [5, 5.41) is 9.27. The molecule has 94 valence electrons. The molecule has 1 aliphatic heterocycles. The largest absolute Gasteiger partial charge is 0.508 e. The standard InChI is InChI=1S/C14H17N3O/c15-11-3-4-12-8-16-14(17(12)9-11)7-10-1-5-13(18)6-2-10/h1-2,5-6,8,11,18H,3-4,7,9,15H2. The fourth-order valence-corrected chi connectivity index (χ4v) is 2.47. The third-order valence-corrected chi connectivity index (χ3v) is 3.51. The molecule has 0 spiro atoms. The number of benzene rings is 1. The number of fused-ring (bicyclic) bond motifs is 1. The van der Waals surface area contributed by atoms with Gasteiger partial charge < -0.3 is 15.4 Å². The van der Waals surface area contributed by atoms with Crippen LogP contribution in [0.25, 0.3) is 0 Å². The van der Waals surface area contributed by atoms with Crippen molar-refractivity contribution in [3.05, 3.63) is 47.5 Å². The predicted molar refractivity (Wildman–Crippen MR) is 69.4 cm³/mol. The fourth-order valence-electron chi connectivity index (χ4n) is 2.47. The van der Waals surface area contributed by atoms with Gasteiger partial charge in [-0.3, -0.25) is 0 Å². The Morgan fingerprint density at radius 2 is 2.11 bits per heavy atom. The second-order valence-electron chi connectivity index (χ2n) is 4.92. The molecule has 1 atom stereocenters. The Balaban J connectivity index is 1.85. The van der Waals surface area contributed by atoms with Crippen LogP contribution in [0.2, 0.25) is 0 Å². The van der Waals surface area contributed by atoms with E-state index in [9.17, 15) is 5.11 Å². The molecule has 0 saturated carbocycles. The smallest absolute Gasteiger partial charge is 0.115 e. The lowest BCUT2D eigenvalue weighted by Gasteiger charge is -2.22. The first-order valence-electron chi connectivity index (χ1n) is 6.29. The van der Waals surface area contributed by atoms with Crippen molar-refractivity contribution < 1.29 is 5.11 Å². The molecular formula is C14H17N3O. The molecular weight excluding hydrogens is 226 g/mol. The lowest BCUT2D eigenvalue weighted by Crippen LogP contribution is -2.32. The molecule has 0 amide bonds. The van der Waals surface area contributed by atoms with E-state index in [4.69, 9.17) is 5.73 Å². The number of hydrogen-bond acceptors (Lipinski definition) is 3. The third-order valence-electron chi connectivity index (χ3n) is 3.51. The summed E-state index contributed by atoms with van der Waals surface area (Å²) in [5.74, 6) is 1.36. The average Bonchev–Trinajstić information content (AvgIpc) is 2.75. The summed E-state index contributed by atoms with van der Waals surface area (Å²) >= 11 is 0. The molecule has 0 aliphatic carbocycles. The minimum atomic E-state index is 0.241. The van der Waals surface area contributed by atoms with Crippen molar-refractivity contribution in [2.75, 3.05) is 0 Å². The van der Waals surface area contributed by atoms with Gasteiger partial charge in [0, 0.05) is 30.9 Å². The Bertz CT molecular complexity index is 545. The Morgan fingerprint density at radius 3 is 2.89 bits per heavy atom. The predicted octanol–water partition coefficient (Wildman–Crippen LogP) is 1.45. The summed E-state index contributed by atoms with van der Waals surface area (Å²) in [5.41, 5.74) is 8.45. The van der Waals surface area contributed by atoms with Crippen LogP contribution < -0.4 is 5.73 Å². The van der Waals surface area contributed by atoms with E-state index in [-0.39, 0.29) is 6.04 Å². The number of imidazole rings is 1. The summed E-state index contributed by atoms with van der Waals surface area (Å²) in [4.78, 5) is 4.49. The molecule has 1 aliphatic rings. The summed E-state index contributed by atoms with van der Waals surface area (Å²) in [6.07, 6.45) is 4.81. The Labute approximate surface area is 106 Å². The minimum absolute atomic E-state index is 0.241. The Morgan fingerprint density at radius 1 is 1.33 bits per heavy atom. The molecule has 2 heterocycles. The van der Waals surface area contributed by atoms with Gasteiger partial charge >= 0.3 is 0 Å². The highest BCUT2D eigenvalue weighted by atomic mass is 16.3. The molecule has 3 N–H and O–H groups in total. The van der Waals surface area contributed by atoms with Crippen molar-refractivity contribution in [1.29, 1.82) is 0 Å². The fraction of sp³-hybridized carbons (Fsp3) is 0.357. The van der Waals surface area contributed by atoms with Crippen LogP contribution in [-0.2, 0) is 19.4 Å². The Kier molecular flexibility index (Phi) is 2.80. The number of hydrogen-bond donors (Lipinski definition) is 2. The van der Waals surface area contributed by atoms with Crippen LogP contribution in [0, 0.1) is 0 Å². The van der Waals surface area contributed by atoms with Crippen molar-refractivity contribution in [3.8, 4) is 5.75 Å². The van der Waals surface area contributed by atoms with E-state index in [0.717, 1.165) is 37.2 Å². The van der Waals surface area contributed by atoms with E-state index in [1.807, 2.05) is 18.3 Å². The zero-order chi connectivity index (χ0) is 12.5. The normalized spacial score (nSPS) is 18.6. The molecule has 3 rings (SSSR count). The number of aryl methyl sites for hydroxylation is 1. The first kappa shape index (κ1) is 11.3. The zero-order valence-electron chi connectivity index (χ0n) is 10.2. The number of aromatic nitrogens is 2. The summed E-state index contributed by atoms with van der Waals surface area (Å²) in [7, 11) is 0. The molecule has 1 aromatic heterocycles. The highest BCUT2D eigenvalue weighted by Gasteiger charge is 2.18. The van der Waals surface area contributed by atoms with Crippen molar-refractivity contribution in [1.82, 2.24) is 9.55 Å². The molecule has 0 saturated heterocycles. The van der Waals surface area contributed by atoms with E-state index >= 15 is 0 Å². The van der Waals surface area contributed by atoms with Gasteiger partial charge in [-0.1, -0.05) is 12.1 Å². The van der Waals surface area contributed by atoms with Gasteiger partial charge in [-0.25, -0.2) is 4.98 Å². The van der Waals surface area contributed by atoms with E-state index in [2.05, 4.69) is 9.55 Å². The third kappa shape index (κ3) is 2.11. The van der Waals surface area contributed by atoms with Crippen LogP contribution in [0.5, 0.6) is 5.75 Å². The second kappa shape index (κ2) is 4.46. The topological polar surface area (TPSA) is 64.1 Å². The van der Waals surface area contributed by atoms with Crippen LogP contribution in [-0.4, -0.2) is 20.7 Å². The van der Waals surface area contributed by atoms with Crippen molar-refractivity contribution in [2.24, 2.45) is 5.73 Å². The highest BCUT2D eigenvalue weighted by Crippen LogP contribution is 2.19. The van der Waals surface area contributed by atoms with Crippen LogP contribution in [0.1, 0.15) is 23.5 Å². The molecule has 1 unspecified atom stereocenters. The van der Waals surface area contributed by atoms with Gasteiger partial charge in [-0.2, -0.15) is 0 Å². The van der Waals surface area contributed by atoms with Gasteiger partial charge in [0.05, 0.1) is 0 Å². The van der Waals surface area contributed by atoms with Gasteiger partial charge in [-0.05, 0) is 30.5 Å². The molecule has 4 nitrogen and oxygen atoms in total. The molecule has 2 aromatic rings. The molecule has 4 heteroatoms. The maximum absolute atomic E-state index is 9.27. The van der Waals surface area contributed by atoms with Gasteiger partial charge in [0.2, 0.25) is 0 Å². The second-order valence-corrected chi connectivity index (χ2v) is 4.92. The zero-order valence-corrected chi connectivity index (χ0v) is 10.2. The molecule has 0 radical (unpaired) electrons. The monoisotopic (exact) mass is 243 g/mol. The molecule has 1 aromatic carbocycles. The summed E-state index contributed by atoms with van der Waals surface area (Å²) in [6.45, 7) is 0.864. The highest BCUT2D eigenvalue weighted by molar-refractivity contribution is 5.28. The van der Waals surface area contributed by atoms with Crippen LogP contribution in [0.3, 0.4) is 0 Å². The van der Waals surface area contributed by atoms with Crippen molar-refractivity contribution in [3.63, 3.8) is 0 Å². The van der Waals surface area contributed by atoms with Crippen molar-refractivity contribution >= 4 is 0 Å². The maximum Gasteiger partial charge on any atom is 0.115 e. The summed E-state index contributed by atoms with van der Waals surface area (Å²) in [6, 6.07) is 7.52. The van der Waals surface area contributed by atoms with Crippen LogP contribution in [0.15, 0.2) is 30.5 Å². The van der Waals surface area contributed by atoms with Gasteiger partial charge in [0.25, 0.3) is 0 Å². The number of rotatable bonds is 2. The van der Waals surface area contributed by atoms with Gasteiger partial charge in [0.1, 0.15) is 11.6 Å². The number of nitrogens with zero attached hydrogens (tertiary/aromatic N) is 2. The average molecular weight is 243 g/mol. The van der Waals surface area contributed by atoms with Crippen LogP contribution in [0.4, 0.5) is 0 Å². The van der Waals surface area contributed by atoms with E-state index in [1.165, 1.54) is 5.69 Å². The summed E-state index contributed by atoms with van der Waals surface area (Å²) < 4.78 is 2.24. The van der Waals surface area contributed by atoms with Crippen molar-refractivity contribution in [2.45, 2.75) is 31.8 Å². The van der Waals surface area contributed by atoms with Gasteiger partial charge in [-0.15, -0.1) is 0 Å². The SMILES string of the molecule is NC1CCc2cnc(Cc3ccc(O)cc3)n2C1. The number of nitrogens with two attached hydrogens (primary N) is 1. The van der Waals surface area contributed by atoms with E-state index in [0.29, 0.717) is 5.75 Å². The Hall–Kier alpha value is -1.81. The molecule has 18 heavy (non-hydrogen) atoms. The van der Waals surface area contributed by atoms with Gasteiger partial charge in [0.15, 0.2) is 0 Å². The quantitative estimate of drug-likeness (QED) is 0.839. The number of phenols is 1. The van der Waals surface area contributed by atoms with Crippen LogP contribution >= 0.6 is 0 Å². The molecule has 0 bridgehead atoms. The number of aromatic hydroxyl groups is 1. The lowest BCUT2D eigenvalue weighted by molar-refractivity contribution is 0.451. The van der Waals surface area contributed by atoms with E-state index in [1.54, 1.807) is 12.1 Å². The first-order valence-corrected chi connectivity index (χ1v) is 6.29. The lowest BCUT2D eigenvalue weighted by atomic mass is 10.1. The first-order chi connectivity index (χ1) is 8.72. The maximum atomic E-state index is 9.27. The number of phenolic OH excluding ortho intramolecular Hbond substituents is 1. The van der Waals surface area contributed by atoms with E-state index < -0.39 is 0 Å². The minimum Gasteiger partial charge on any atom is -0.508 e. The molecule has 0 fully saturated rings.